The van der Waals surface area contributed by atoms with Crippen molar-refractivity contribution >= 4 is 0 Å². The lowest BCUT2D eigenvalue weighted by Gasteiger charge is -2.22. The normalized spacial score (nSPS) is 13.1. The van der Waals surface area contributed by atoms with E-state index in [2.05, 4.69) is 12.2 Å². The van der Waals surface area contributed by atoms with Gasteiger partial charge in [-0.25, -0.2) is 8.78 Å². The summed E-state index contributed by atoms with van der Waals surface area (Å²) in [5.74, 6) is -0.918. The number of rotatable bonds is 6. The van der Waals surface area contributed by atoms with Crippen LogP contribution in [0.2, 0.25) is 0 Å². The Labute approximate surface area is 102 Å². The Morgan fingerprint density at radius 2 is 1.76 bits per heavy atom. The van der Waals surface area contributed by atoms with E-state index in [-0.39, 0.29) is 17.6 Å². The summed E-state index contributed by atoms with van der Waals surface area (Å²) in [7, 11) is 0. The zero-order valence-electron chi connectivity index (χ0n) is 10.8. The maximum absolute atomic E-state index is 13.7. The van der Waals surface area contributed by atoms with Crippen LogP contribution in [0.4, 0.5) is 8.78 Å². The van der Waals surface area contributed by atoms with Gasteiger partial charge in [0.1, 0.15) is 11.6 Å². The SMILES string of the molecule is CCCCC(NC(C)C)c1c(F)cccc1F. The van der Waals surface area contributed by atoms with E-state index in [0.29, 0.717) is 0 Å². The minimum Gasteiger partial charge on any atom is -0.308 e. The van der Waals surface area contributed by atoms with Crippen LogP contribution in [-0.4, -0.2) is 6.04 Å². The minimum absolute atomic E-state index is 0.176. The molecule has 0 amide bonds. The van der Waals surface area contributed by atoms with E-state index >= 15 is 0 Å². The molecule has 3 heteroatoms. The molecule has 0 aromatic heterocycles. The van der Waals surface area contributed by atoms with E-state index in [1.54, 1.807) is 0 Å². The molecule has 0 heterocycles. The van der Waals surface area contributed by atoms with E-state index in [0.717, 1.165) is 19.3 Å². The number of unbranched alkanes of at least 4 members (excludes halogenated alkanes) is 1. The van der Waals surface area contributed by atoms with Crippen LogP contribution in [0.5, 0.6) is 0 Å². The molecule has 1 rings (SSSR count). The monoisotopic (exact) mass is 241 g/mol. The molecule has 1 unspecified atom stereocenters. The van der Waals surface area contributed by atoms with Gasteiger partial charge in [-0.3, -0.25) is 0 Å². The van der Waals surface area contributed by atoms with Crippen LogP contribution in [0.15, 0.2) is 18.2 Å². The fourth-order valence-corrected chi connectivity index (χ4v) is 1.97. The summed E-state index contributed by atoms with van der Waals surface area (Å²) in [6, 6.07) is 4.01. The number of benzene rings is 1. The Balaban J connectivity index is 2.94. The average molecular weight is 241 g/mol. The first kappa shape index (κ1) is 14.1. The van der Waals surface area contributed by atoms with E-state index in [1.807, 2.05) is 13.8 Å². The molecule has 0 radical (unpaired) electrons. The fourth-order valence-electron chi connectivity index (χ4n) is 1.97. The molecular formula is C14H21F2N. The molecule has 0 saturated carbocycles. The Kier molecular flexibility index (Phi) is 5.56. The van der Waals surface area contributed by atoms with Crippen LogP contribution in [0.3, 0.4) is 0 Å². The summed E-state index contributed by atoms with van der Waals surface area (Å²) in [6.45, 7) is 6.04. The topological polar surface area (TPSA) is 12.0 Å². The van der Waals surface area contributed by atoms with Gasteiger partial charge in [0.05, 0.1) is 0 Å². The molecule has 1 atom stereocenters. The first-order valence-corrected chi connectivity index (χ1v) is 6.26. The van der Waals surface area contributed by atoms with E-state index in [9.17, 15) is 8.78 Å². The molecule has 0 aliphatic heterocycles. The number of halogens is 2. The van der Waals surface area contributed by atoms with Crippen molar-refractivity contribution in [2.24, 2.45) is 0 Å². The first-order valence-electron chi connectivity index (χ1n) is 6.26. The zero-order valence-corrected chi connectivity index (χ0v) is 10.8. The lowest BCUT2D eigenvalue weighted by Crippen LogP contribution is -2.29. The van der Waals surface area contributed by atoms with Gasteiger partial charge in [-0.1, -0.05) is 39.7 Å². The summed E-state index contributed by atoms with van der Waals surface area (Å²) in [5.41, 5.74) is 0.176. The van der Waals surface area contributed by atoms with Crippen LogP contribution >= 0.6 is 0 Å². The minimum atomic E-state index is -0.459. The Bertz CT molecular complexity index is 330. The molecular weight excluding hydrogens is 220 g/mol. The van der Waals surface area contributed by atoms with E-state index in [4.69, 9.17) is 0 Å². The summed E-state index contributed by atoms with van der Waals surface area (Å²) in [4.78, 5) is 0. The van der Waals surface area contributed by atoms with Gasteiger partial charge in [0.15, 0.2) is 0 Å². The molecule has 0 aliphatic rings. The van der Waals surface area contributed by atoms with Crippen molar-refractivity contribution in [1.29, 1.82) is 0 Å². The second-order valence-electron chi connectivity index (χ2n) is 4.65. The van der Waals surface area contributed by atoms with Gasteiger partial charge < -0.3 is 5.32 Å². The van der Waals surface area contributed by atoms with Gasteiger partial charge in [0.25, 0.3) is 0 Å². The van der Waals surface area contributed by atoms with Crippen molar-refractivity contribution in [2.75, 3.05) is 0 Å². The van der Waals surface area contributed by atoms with Crippen molar-refractivity contribution in [3.8, 4) is 0 Å². The zero-order chi connectivity index (χ0) is 12.8. The smallest absolute Gasteiger partial charge is 0.130 e. The van der Waals surface area contributed by atoms with Crippen LogP contribution in [0.1, 0.15) is 51.6 Å². The molecule has 0 bridgehead atoms. The van der Waals surface area contributed by atoms with Gasteiger partial charge >= 0.3 is 0 Å². The largest absolute Gasteiger partial charge is 0.308 e. The molecule has 1 nitrogen and oxygen atoms in total. The van der Waals surface area contributed by atoms with Crippen molar-refractivity contribution in [3.05, 3.63) is 35.4 Å². The lowest BCUT2D eigenvalue weighted by atomic mass is 9.99. The summed E-state index contributed by atoms with van der Waals surface area (Å²) in [6.07, 6.45) is 2.73. The quantitative estimate of drug-likeness (QED) is 0.787. The highest BCUT2D eigenvalue weighted by atomic mass is 19.1. The molecule has 0 spiro atoms. The van der Waals surface area contributed by atoms with Crippen molar-refractivity contribution < 1.29 is 8.78 Å². The van der Waals surface area contributed by atoms with Gasteiger partial charge in [-0.15, -0.1) is 0 Å². The number of hydrogen-bond donors (Lipinski definition) is 1. The Hall–Kier alpha value is -0.960. The van der Waals surface area contributed by atoms with Crippen LogP contribution < -0.4 is 5.32 Å². The van der Waals surface area contributed by atoms with Crippen LogP contribution in [0, 0.1) is 11.6 Å². The second kappa shape index (κ2) is 6.70. The maximum atomic E-state index is 13.7. The van der Waals surface area contributed by atoms with Gasteiger partial charge in [0, 0.05) is 17.6 Å². The van der Waals surface area contributed by atoms with Crippen molar-refractivity contribution in [1.82, 2.24) is 5.32 Å². The average Bonchev–Trinajstić information content (AvgIpc) is 2.24. The van der Waals surface area contributed by atoms with Gasteiger partial charge in [0.2, 0.25) is 0 Å². The summed E-state index contributed by atoms with van der Waals surface area (Å²) in [5, 5.41) is 3.23. The third-order valence-electron chi connectivity index (χ3n) is 2.73. The molecule has 1 aromatic carbocycles. The number of nitrogens with one attached hydrogen (secondary N) is 1. The third-order valence-corrected chi connectivity index (χ3v) is 2.73. The molecule has 0 saturated heterocycles. The second-order valence-corrected chi connectivity index (χ2v) is 4.65. The molecule has 1 N–H and O–H groups in total. The highest BCUT2D eigenvalue weighted by Crippen LogP contribution is 2.25. The highest BCUT2D eigenvalue weighted by molar-refractivity contribution is 5.23. The van der Waals surface area contributed by atoms with Gasteiger partial charge in [-0.2, -0.15) is 0 Å². The lowest BCUT2D eigenvalue weighted by molar-refractivity contribution is 0.407. The van der Waals surface area contributed by atoms with Crippen LogP contribution in [0.25, 0.3) is 0 Å². The Morgan fingerprint density at radius 1 is 1.18 bits per heavy atom. The van der Waals surface area contributed by atoms with E-state index in [1.165, 1.54) is 18.2 Å². The third kappa shape index (κ3) is 4.08. The standard InChI is InChI=1S/C14H21F2N/c1-4-5-9-13(17-10(2)3)14-11(15)7-6-8-12(14)16/h6-8,10,13,17H,4-5,9H2,1-3H3. The Morgan fingerprint density at radius 3 is 2.24 bits per heavy atom. The highest BCUT2D eigenvalue weighted by Gasteiger charge is 2.19. The predicted molar refractivity (Wildman–Crippen MR) is 66.9 cm³/mol. The first-order chi connectivity index (χ1) is 8.06. The molecule has 17 heavy (non-hydrogen) atoms. The molecule has 0 fully saturated rings. The number of hydrogen-bond acceptors (Lipinski definition) is 1. The van der Waals surface area contributed by atoms with Gasteiger partial charge in [-0.05, 0) is 18.6 Å². The summed E-state index contributed by atoms with van der Waals surface area (Å²) >= 11 is 0. The maximum Gasteiger partial charge on any atom is 0.130 e. The van der Waals surface area contributed by atoms with E-state index < -0.39 is 11.6 Å². The van der Waals surface area contributed by atoms with Crippen LogP contribution in [-0.2, 0) is 0 Å². The van der Waals surface area contributed by atoms with Crippen molar-refractivity contribution in [3.63, 3.8) is 0 Å². The predicted octanol–water partition coefficient (Wildman–Crippen LogP) is 4.19. The fraction of sp³-hybridized carbons (Fsp3) is 0.571. The summed E-state index contributed by atoms with van der Waals surface area (Å²) < 4.78 is 27.4. The van der Waals surface area contributed by atoms with Crippen molar-refractivity contribution in [2.45, 2.75) is 52.1 Å². The molecule has 0 aliphatic carbocycles. The molecule has 1 aromatic rings. The molecule has 96 valence electrons.